The molecular formula is C14H22N2O2. The molecule has 1 aromatic heterocycles. The van der Waals surface area contributed by atoms with Crippen LogP contribution in [0.5, 0.6) is 5.88 Å². The van der Waals surface area contributed by atoms with Crippen molar-refractivity contribution in [3.8, 4) is 5.88 Å². The van der Waals surface area contributed by atoms with E-state index in [1.165, 1.54) is 6.42 Å². The van der Waals surface area contributed by atoms with Gasteiger partial charge in [0.25, 0.3) is 0 Å². The largest absolute Gasteiger partial charge is 0.481 e. The monoisotopic (exact) mass is 250 g/mol. The molecule has 2 rings (SSSR count). The fourth-order valence-corrected chi connectivity index (χ4v) is 2.50. The Kier molecular flexibility index (Phi) is 4.96. The van der Waals surface area contributed by atoms with Crippen LogP contribution >= 0.6 is 0 Å². The maximum absolute atomic E-state index is 9.60. The first kappa shape index (κ1) is 13.3. The molecule has 1 aromatic rings. The summed E-state index contributed by atoms with van der Waals surface area (Å²) < 4.78 is 5.02. The molecule has 100 valence electrons. The zero-order chi connectivity index (χ0) is 12.8. The number of ether oxygens (including phenoxy) is 1. The Morgan fingerprint density at radius 2 is 2.33 bits per heavy atom. The molecule has 1 fully saturated rings. The lowest BCUT2D eigenvalue weighted by molar-refractivity contribution is 0.101. The molecule has 1 heterocycles. The summed E-state index contributed by atoms with van der Waals surface area (Å²) in [6, 6.07) is 3.90. The van der Waals surface area contributed by atoms with Gasteiger partial charge in [0.15, 0.2) is 0 Å². The van der Waals surface area contributed by atoms with Crippen LogP contribution in [0.25, 0.3) is 0 Å². The number of methoxy groups -OCH3 is 1. The van der Waals surface area contributed by atoms with Crippen LogP contribution in [0.2, 0.25) is 0 Å². The van der Waals surface area contributed by atoms with Crippen molar-refractivity contribution in [1.82, 2.24) is 10.3 Å². The molecule has 0 bridgehead atoms. The van der Waals surface area contributed by atoms with Crippen LogP contribution in [0.15, 0.2) is 18.3 Å². The molecule has 1 aliphatic rings. The Hall–Kier alpha value is -1.13. The molecule has 4 heteroatoms. The lowest BCUT2D eigenvalue weighted by Crippen LogP contribution is -2.28. The number of nitrogens with zero attached hydrogens (tertiary/aromatic N) is 1. The molecule has 0 amide bonds. The van der Waals surface area contributed by atoms with E-state index in [4.69, 9.17) is 4.74 Å². The highest BCUT2D eigenvalue weighted by Crippen LogP contribution is 2.23. The number of hydrogen-bond acceptors (Lipinski definition) is 4. The van der Waals surface area contributed by atoms with Gasteiger partial charge in [0.2, 0.25) is 5.88 Å². The predicted molar refractivity (Wildman–Crippen MR) is 70.5 cm³/mol. The summed E-state index contributed by atoms with van der Waals surface area (Å²) >= 11 is 0. The summed E-state index contributed by atoms with van der Waals surface area (Å²) in [7, 11) is 1.62. The van der Waals surface area contributed by atoms with Crippen molar-refractivity contribution < 1.29 is 9.84 Å². The van der Waals surface area contributed by atoms with Crippen LogP contribution in [-0.4, -0.2) is 29.8 Å². The Balaban J connectivity index is 1.70. The Morgan fingerprint density at radius 3 is 3.00 bits per heavy atom. The average molecular weight is 250 g/mol. The van der Waals surface area contributed by atoms with Crippen molar-refractivity contribution in [2.75, 3.05) is 13.7 Å². The highest BCUT2D eigenvalue weighted by Gasteiger charge is 2.19. The third-order valence-electron chi connectivity index (χ3n) is 3.52. The highest BCUT2D eigenvalue weighted by molar-refractivity contribution is 5.17. The van der Waals surface area contributed by atoms with E-state index in [0.29, 0.717) is 11.8 Å². The van der Waals surface area contributed by atoms with E-state index >= 15 is 0 Å². The van der Waals surface area contributed by atoms with E-state index in [2.05, 4.69) is 10.3 Å². The van der Waals surface area contributed by atoms with Gasteiger partial charge in [-0.3, -0.25) is 0 Å². The highest BCUT2D eigenvalue weighted by atomic mass is 16.5. The minimum absolute atomic E-state index is 0.0896. The molecular weight excluding hydrogens is 228 g/mol. The number of rotatable bonds is 5. The molecule has 1 aliphatic carbocycles. The second kappa shape index (κ2) is 6.71. The first-order chi connectivity index (χ1) is 8.78. The summed E-state index contributed by atoms with van der Waals surface area (Å²) in [5.74, 6) is 1.26. The Bertz CT molecular complexity index is 353. The minimum atomic E-state index is -0.0896. The topological polar surface area (TPSA) is 54.4 Å². The van der Waals surface area contributed by atoms with E-state index in [9.17, 15) is 5.11 Å². The fraction of sp³-hybridized carbons (Fsp3) is 0.643. The second-order valence-electron chi connectivity index (χ2n) is 5.03. The Labute approximate surface area is 108 Å². The number of aliphatic hydroxyl groups excluding tert-OH is 1. The molecule has 2 unspecified atom stereocenters. The molecule has 0 saturated heterocycles. The van der Waals surface area contributed by atoms with E-state index in [0.717, 1.165) is 37.9 Å². The number of aliphatic hydroxyl groups is 1. The molecule has 2 atom stereocenters. The third kappa shape index (κ3) is 3.96. The van der Waals surface area contributed by atoms with Crippen molar-refractivity contribution in [1.29, 1.82) is 0 Å². The van der Waals surface area contributed by atoms with Gasteiger partial charge >= 0.3 is 0 Å². The maximum Gasteiger partial charge on any atom is 0.212 e. The van der Waals surface area contributed by atoms with Gasteiger partial charge in [0.1, 0.15) is 0 Å². The first-order valence-electron chi connectivity index (χ1n) is 6.65. The van der Waals surface area contributed by atoms with Crippen LogP contribution in [-0.2, 0) is 6.54 Å². The normalized spacial score (nSPS) is 23.9. The molecule has 0 spiro atoms. The van der Waals surface area contributed by atoms with Crippen LogP contribution in [0, 0.1) is 5.92 Å². The van der Waals surface area contributed by atoms with Gasteiger partial charge in [0.05, 0.1) is 13.2 Å². The second-order valence-corrected chi connectivity index (χ2v) is 5.03. The van der Waals surface area contributed by atoms with Crippen molar-refractivity contribution in [3.63, 3.8) is 0 Å². The molecule has 2 N–H and O–H groups in total. The summed E-state index contributed by atoms with van der Waals surface area (Å²) in [6.07, 6.45) is 6.03. The lowest BCUT2D eigenvalue weighted by Gasteiger charge is -2.25. The van der Waals surface area contributed by atoms with Gasteiger partial charge in [-0.05, 0) is 37.3 Å². The SMILES string of the molecule is COc1ccc(CNCC2CCCC(O)C2)cn1. The van der Waals surface area contributed by atoms with Crippen molar-refractivity contribution >= 4 is 0 Å². The minimum Gasteiger partial charge on any atom is -0.481 e. The van der Waals surface area contributed by atoms with Gasteiger partial charge in [-0.2, -0.15) is 0 Å². The van der Waals surface area contributed by atoms with Crippen LogP contribution < -0.4 is 10.1 Å². The van der Waals surface area contributed by atoms with E-state index in [1.54, 1.807) is 7.11 Å². The third-order valence-corrected chi connectivity index (χ3v) is 3.52. The molecule has 0 aromatic carbocycles. The first-order valence-corrected chi connectivity index (χ1v) is 6.65. The number of hydrogen-bond donors (Lipinski definition) is 2. The van der Waals surface area contributed by atoms with Crippen molar-refractivity contribution in [3.05, 3.63) is 23.9 Å². The lowest BCUT2D eigenvalue weighted by atomic mass is 9.87. The number of pyridine rings is 1. The van der Waals surface area contributed by atoms with E-state index in [1.807, 2.05) is 18.3 Å². The van der Waals surface area contributed by atoms with Crippen LogP contribution in [0.4, 0.5) is 0 Å². The van der Waals surface area contributed by atoms with E-state index in [-0.39, 0.29) is 6.10 Å². The molecule has 4 nitrogen and oxygen atoms in total. The summed E-state index contributed by atoms with van der Waals surface area (Å²) in [6.45, 7) is 1.80. The quantitative estimate of drug-likeness (QED) is 0.835. The standard InChI is InChI=1S/C14H22N2O2/c1-18-14-6-5-12(10-16-14)9-15-8-11-3-2-4-13(17)7-11/h5-6,10-11,13,15,17H,2-4,7-9H2,1H3. The molecule has 0 aliphatic heterocycles. The number of aromatic nitrogens is 1. The van der Waals surface area contributed by atoms with E-state index < -0.39 is 0 Å². The Morgan fingerprint density at radius 1 is 1.44 bits per heavy atom. The zero-order valence-electron chi connectivity index (χ0n) is 10.9. The van der Waals surface area contributed by atoms with Crippen molar-refractivity contribution in [2.45, 2.75) is 38.3 Å². The van der Waals surface area contributed by atoms with Crippen LogP contribution in [0.3, 0.4) is 0 Å². The van der Waals surface area contributed by atoms with Gasteiger partial charge in [0, 0.05) is 18.8 Å². The van der Waals surface area contributed by atoms with Gasteiger partial charge in [-0.15, -0.1) is 0 Å². The van der Waals surface area contributed by atoms with Crippen molar-refractivity contribution in [2.24, 2.45) is 5.92 Å². The van der Waals surface area contributed by atoms with Gasteiger partial charge in [-0.25, -0.2) is 4.98 Å². The van der Waals surface area contributed by atoms with Gasteiger partial charge < -0.3 is 15.2 Å². The zero-order valence-corrected chi connectivity index (χ0v) is 10.9. The summed E-state index contributed by atoms with van der Waals surface area (Å²) in [4.78, 5) is 4.17. The summed E-state index contributed by atoms with van der Waals surface area (Å²) in [5.41, 5.74) is 1.16. The predicted octanol–water partition coefficient (Wildman–Crippen LogP) is 1.73. The fourth-order valence-electron chi connectivity index (χ4n) is 2.50. The molecule has 1 saturated carbocycles. The summed E-state index contributed by atoms with van der Waals surface area (Å²) in [5, 5.41) is 13.0. The number of nitrogens with one attached hydrogen (secondary N) is 1. The smallest absolute Gasteiger partial charge is 0.212 e. The maximum atomic E-state index is 9.60. The molecule has 0 radical (unpaired) electrons. The van der Waals surface area contributed by atoms with Gasteiger partial charge in [-0.1, -0.05) is 12.5 Å². The van der Waals surface area contributed by atoms with Crippen LogP contribution in [0.1, 0.15) is 31.2 Å². The molecule has 18 heavy (non-hydrogen) atoms. The average Bonchev–Trinajstić information content (AvgIpc) is 2.40.